The van der Waals surface area contributed by atoms with Gasteiger partial charge in [0.05, 0.1) is 0 Å². The van der Waals surface area contributed by atoms with E-state index in [1.165, 1.54) is 5.57 Å². The molecule has 0 saturated heterocycles. The van der Waals surface area contributed by atoms with Gasteiger partial charge in [0.2, 0.25) is 0 Å². The summed E-state index contributed by atoms with van der Waals surface area (Å²) in [6.07, 6.45) is 3.20. The SMILES string of the molecule is CCc1ccc(/C(C)=C/C(C)(C)C)o1. The van der Waals surface area contributed by atoms with Crippen molar-refractivity contribution in [3.8, 4) is 0 Å². The molecular weight excluding hydrogens is 172 g/mol. The summed E-state index contributed by atoms with van der Waals surface area (Å²) in [4.78, 5) is 0. The van der Waals surface area contributed by atoms with Crippen LogP contribution >= 0.6 is 0 Å². The lowest BCUT2D eigenvalue weighted by Gasteiger charge is -2.13. The molecule has 1 aromatic heterocycles. The maximum Gasteiger partial charge on any atom is 0.129 e. The minimum atomic E-state index is 0.212. The topological polar surface area (TPSA) is 13.1 Å². The van der Waals surface area contributed by atoms with Gasteiger partial charge in [0.1, 0.15) is 11.5 Å². The first-order chi connectivity index (χ1) is 6.42. The molecule has 1 heteroatoms. The van der Waals surface area contributed by atoms with Crippen molar-refractivity contribution >= 4 is 5.57 Å². The van der Waals surface area contributed by atoms with Gasteiger partial charge in [-0.25, -0.2) is 0 Å². The normalized spacial score (nSPS) is 13.4. The Hall–Kier alpha value is -0.980. The largest absolute Gasteiger partial charge is 0.461 e. The molecule has 78 valence electrons. The molecule has 14 heavy (non-hydrogen) atoms. The summed E-state index contributed by atoms with van der Waals surface area (Å²) in [7, 11) is 0. The van der Waals surface area contributed by atoms with E-state index >= 15 is 0 Å². The van der Waals surface area contributed by atoms with Crippen LogP contribution in [0.1, 0.15) is 46.1 Å². The van der Waals surface area contributed by atoms with Crippen LogP contribution < -0.4 is 0 Å². The number of hydrogen-bond acceptors (Lipinski definition) is 1. The van der Waals surface area contributed by atoms with Gasteiger partial charge in [-0.2, -0.15) is 0 Å². The average molecular weight is 192 g/mol. The van der Waals surface area contributed by atoms with Crippen LogP contribution in [0.25, 0.3) is 5.57 Å². The highest BCUT2D eigenvalue weighted by Gasteiger charge is 2.09. The van der Waals surface area contributed by atoms with E-state index in [1.807, 2.05) is 0 Å². The molecule has 0 aliphatic rings. The molecule has 1 rings (SSSR count). The number of furan rings is 1. The summed E-state index contributed by atoms with van der Waals surface area (Å²) in [5.74, 6) is 2.05. The van der Waals surface area contributed by atoms with Gasteiger partial charge in [-0.05, 0) is 30.0 Å². The Morgan fingerprint density at radius 1 is 1.36 bits per heavy atom. The van der Waals surface area contributed by atoms with Gasteiger partial charge < -0.3 is 4.42 Å². The van der Waals surface area contributed by atoms with E-state index in [1.54, 1.807) is 0 Å². The Morgan fingerprint density at radius 3 is 2.43 bits per heavy atom. The van der Waals surface area contributed by atoms with Crippen molar-refractivity contribution in [1.82, 2.24) is 0 Å². The van der Waals surface area contributed by atoms with Crippen molar-refractivity contribution in [3.63, 3.8) is 0 Å². The molecule has 0 aliphatic carbocycles. The van der Waals surface area contributed by atoms with E-state index in [-0.39, 0.29) is 5.41 Å². The smallest absolute Gasteiger partial charge is 0.129 e. The number of aryl methyl sites for hydroxylation is 1. The molecule has 0 fully saturated rings. The monoisotopic (exact) mass is 192 g/mol. The molecule has 0 bridgehead atoms. The lowest BCUT2D eigenvalue weighted by atomic mass is 9.93. The Balaban J connectivity index is 2.89. The van der Waals surface area contributed by atoms with Gasteiger partial charge in [0.25, 0.3) is 0 Å². The zero-order chi connectivity index (χ0) is 10.8. The van der Waals surface area contributed by atoms with E-state index in [4.69, 9.17) is 4.42 Å². The van der Waals surface area contributed by atoms with E-state index in [0.717, 1.165) is 17.9 Å². The maximum atomic E-state index is 5.67. The first-order valence-electron chi connectivity index (χ1n) is 5.21. The first-order valence-corrected chi connectivity index (χ1v) is 5.21. The van der Waals surface area contributed by atoms with E-state index < -0.39 is 0 Å². The first kappa shape index (κ1) is 11.1. The summed E-state index contributed by atoms with van der Waals surface area (Å²) in [6.45, 7) is 10.8. The maximum absolute atomic E-state index is 5.67. The molecule has 0 amide bonds. The minimum absolute atomic E-state index is 0.212. The van der Waals surface area contributed by atoms with Crippen molar-refractivity contribution in [2.24, 2.45) is 5.41 Å². The van der Waals surface area contributed by atoms with Gasteiger partial charge in [-0.15, -0.1) is 0 Å². The molecule has 0 atom stereocenters. The molecule has 1 nitrogen and oxygen atoms in total. The molecule has 0 N–H and O–H groups in total. The highest BCUT2D eigenvalue weighted by Crippen LogP contribution is 2.24. The third-order valence-corrected chi connectivity index (χ3v) is 2.05. The number of allylic oxidation sites excluding steroid dienone is 2. The van der Waals surface area contributed by atoms with E-state index in [9.17, 15) is 0 Å². The molecular formula is C13H20O. The van der Waals surface area contributed by atoms with Crippen LogP contribution in [-0.2, 0) is 6.42 Å². The summed E-state index contributed by atoms with van der Waals surface area (Å²) in [6, 6.07) is 4.10. The van der Waals surface area contributed by atoms with Crippen molar-refractivity contribution in [1.29, 1.82) is 0 Å². The Bertz CT molecular complexity index is 323. The Kier molecular flexibility index (Phi) is 3.20. The summed E-state index contributed by atoms with van der Waals surface area (Å²) in [5, 5.41) is 0. The zero-order valence-electron chi connectivity index (χ0n) is 9.85. The van der Waals surface area contributed by atoms with Crippen LogP contribution in [0, 0.1) is 5.41 Å². The lowest BCUT2D eigenvalue weighted by Crippen LogP contribution is -1.99. The molecule has 0 saturated carbocycles. The second-order valence-electron chi connectivity index (χ2n) is 4.81. The van der Waals surface area contributed by atoms with Crippen LogP contribution in [0.15, 0.2) is 22.6 Å². The molecule has 0 unspecified atom stereocenters. The van der Waals surface area contributed by atoms with Crippen molar-refractivity contribution in [3.05, 3.63) is 29.7 Å². The zero-order valence-corrected chi connectivity index (χ0v) is 9.85. The van der Waals surface area contributed by atoms with Crippen LogP contribution in [-0.4, -0.2) is 0 Å². The molecule has 0 aromatic carbocycles. The highest BCUT2D eigenvalue weighted by atomic mass is 16.3. The van der Waals surface area contributed by atoms with Crippen molar-refractivity contribution in [2.75, 3.05) is 0 Å². The van der Waals surface area contributed by atoms with Crippen LogP contribution in [0.4, 0.5) is 0 Å². The molecule has 0 radical (unpaired) electrons. The number of rotatable bonds is 2. The third kappa shape index (κ3) is 3.06. The molecule has 1 heterocycles. The van der Waals surface area contributed by atoms with Gasteiger partial charge in [-0.3, -0.25) is 0 Å². The van der Waals surface area contributed by atoms with Gasteiger partial charge in [-0.1, -0.05) is 33.8 Å². The highest BCUT2D eigenvalue weighted by molar-refractivity contribution is 5.59. The Labute approximate surface area is 86.8 Å². The van der Waals surface area contributed by atoms with Crippen molar-refractivity contribution in [2.45, 2.75) is 41.0 Å². The second-order valence-corrected chi connectivity index (χ2v) is 4.81. The summed E-state index contributed by atoms with van der Waals surface area (Å²) < 4.78 is 5.67. The average Bonchev–Trinajstić information content (AvgIpc) is 2.48. The van der Waals surface area contributed by atoms with Gasteiger partial charge in [0, 0.05) is 6.42 Å². The quantitative estimate of drug-likeness (QED) is 0.681. The van der Waals surface area contributed by atoms with Crippen LogP contribution in [0.3, 0.4) is 0 Å². The van der Waals surface area contributed by atoms with E-state index in [0.29, 0.717) is 0 Å². The third-order valence-electron chi connectivity index (χ3n) is 2.05. The van der Waals surface area contributed by atoms with Gasteiger partial charge >= 0.3 is 0 Å². The Morgan fingerprint density at radius 2 is 2.00 bits per heavy atom. The van der Waals surface area contributed by atoms with Gasteiger partial charge in [0.15, 0.2) is 0 Å². The molecule has 1 aromatic rings. The van der Waals surface area contributed by atoms with Crippen LogP contribution in [0.5, 0.6) is 0 Å². The fraction of sp³-hybridized carbons (Fsp3) is 0.538. The van der Waals surface area contributed by atoms with E-state index in [2.05, 4.69) is 52.8 Å². The standard InChI is InChI=1S/C13H20O/c1-6-11-7-8-12(14-11)10(2)9-13(3,4)5/h7-9H,6H2,1-5H3/b10-9+. The number of hydrogen-bond donors (Lipinski definition) is 0. The molecule has 0 spiro atoms. The van der Waals surface area contributed by atoms with Crippen molar-refractivity contribution < 1.29 is 4.42 Å². The summed E-state index contributed by atoms with van der Waals surface area (Å²) >= 11 is 0. The predicted octanol–water partition coefficient (Wildman–Crippen LogP) is 4.29. The second kappa shape index (κ2) is 4.04. The van der Waals surface area contributed by atoms with Crippen LogP contribution in [0.2, 0.25) is 0 Å². The summed E-state index contributed by atoms with van der Waals surface area (Å²) in [5.41, 5.74) is 1.43. The lowest BCUT2D eigenvalue weighted by molar-refractivity contribution is 0.499. The fourth-order valence-corrected chi connectivity index (χ4v) is 1.50. The molecule has 0 aliphatic heterocycles. The minimum Gasteiger partial charge on any atom is -0.461 e. The predicted molar refractivity (Wildman–Crippen MR) is 61.2 cm³/mol. The fourth-order valence-electron chi connectivity index (χ4n) is 1.50.